The molecule has 0 aliphatic carbocycles. The second kappa shape index (κ2) is 7.67. The zero-order chi connectivity index (χ0) is 20.4. The monoisotopic (exact) mass is 395 g/mol. The van der Waals surface area contributed by atoms with Crippen molar-refractivity contribution in [2.24, 2.45) is 0 Å². The van der Waals surface area contributed by atoms with Gasteiger partial charge in [-0.1, -0.05) is 103 Å². The molecule has 0 saturated carbocycles. The smallest absolute Gasteiger partial charge is 0.113 e. The summed E-state index contributed by atoms with van der Waals surface area (Å²) in [6.45, 7) is 9.08. The molecule has 29 heavy (non-hydrogen) atoms. The summed E-state index contributed by atoms with van der Waals surface area (Å²) in [5.74, 6) is 0. The molecule has 0 saturated heterocycles. The Morgan fingerprint density at radius 1 is 0.793 bits per heavy atom. The number of benzene rings is 3. The van der Waals surface area contributed by atoms with E-state index in [-0.39, 0.29) is 0 Å². The first-order valence-corrected chi connectivity index (χ1v) is 13.4. The fourth-order valence-electron chi connectivity index (χ4n) is 3.35. The third-order valence-electron chi connectivity index (χ3n) is 4.92. The second-order valence-corrected chi connectivity index (χ2v) is 13.3. The SMILES string of the molecule is Cc1ccc(C(=C=C(n2nnc3ccccc32)[Si](C)(C)C)c2ccccc2)cc1. The number of rotatable bonds is 4. The first-order chi connectivity index (χ1) is 13.9. The lowest BCUT2D eigenvalue weighted by Crippen LogP contribution is -2.27. The number of fused-ring (bicyclic) bond motifs is 1. The summed E-state index contributed by atoms with van der Waals surface area (Å²) in [6.07, 6.45) is 0. The van der Waals surface area contributed by atoms with Gasteiger partial charge in [0.05, 0.1) is 10.8 Å². The lowest BCUT2D eigenvalue weighted by molar-refractivity contribution is 0.850. The minimum Gasteiger partial charge on any atom is -0.214 e. The average molecular weight is 396 g/mol. The second-order valence-electron chi connectivity index (χ2n) is 8.32. The highest BCUT2D eigenvalue weighted by Gasteiger charge is 2.25. The highest BCUT2D eigenvalue weighted by molar-refractivity contribution is 6.92. The molecule has 0 atom stereocenters. The molecular formula is C25H25N3Si. The Bertz CT molecular complexity index is 1210. The van der Waals surface area contributed by atoms with Crippen LogP contribution in [0.4, 0.5) is 0 Å². The van der Waals surface area contributed by atoms with Crippen LogP contribution in [-0.2, 0) is 0 Å². The zero-order valence-electron chi connectivity index (χ0n) is 17.3. The minimum absolute atomic E-state index is 0.904. The van der Waals surface area contributed by atoms with Crippen LogP contribution in [0.25, 0.3) is 21.9 Å². The molecule has 0 unspecified atom stereocenters. The first kappa shape index (κ1) is 19.1. The highest BCUT2D eigenvalue weighted by Crippen LogP contribution is 2.28. The van der Waals surface area contributed by atoms with Crippen LogP contribution in [0.3, 0.4) is 0 Å². The van der Waals surface area contributed by atoms with Gasteiger partial charge in [0.1, 0.15) is 13.6 Å². The summed E-state index contributed by atoms with van der Waals surface area (Å²) in [5.41, 5.74) is 10.4. The first-order valence-electron chi connectivity index (χ1n) is 9.88. The van der Waals surface area contributed by atoms with Crippen molar-refractivity contribution >= 4 is 30.0 Å². The topological polar surface area (TPSA) is 30.7 Å². The summed E-state index contributed by atoms with van der Waals surface area (Å²) in [4.78, 5) is 0. The van der Waals surface area contributed by atoms with Crippen molar-refractivity contribution < 1.29 is 0 Å². The van der Waals surface area contributed by atoms with Gasteiger partial charge in [-0.25, -0.2) is 4.68 Å². The predicted octanol–water partition coefficient (Wildman–Crippen LogP) is 6.19. The molecule has 4 heteroatoms. The lowest BCUT2D eigenvalue weighted by Gasteiger charge is -2.19. The van der Waals surface area contributed by atoms with Crippen LogP contribution in [0.15, 0.2) is 84.6 Å². The van der Waals surface area contributed by atoms with Crippen LogP contribution in [0.2, 0.25) is 19.6 Å². The Labute approximate surface area is 173 Å². The normalized spacial score (nSPS) is 11.3. The molecule has 3 nitrogen and oxygen atoms in total. The van der Waals surface area contributed by atoms with E-state index in [0.29, 0.717) is 0 Å². The van der Waals surface area contributed by atoms with Crippen LogP contribution in [-0.4, -0.2) is 23.1 Å². The van der Waals surface area contributed by atoms with E-state index in [1.54, 1.807) is 0 Å². The van der Waals surface area contributed by atoms with E-state index in [1.807, 2.05) is 28.9 Å². The van der Waals surface area contributed by atoms with Gasteiger partial charge in [-0.2, -0.15) is 0 Å². The van der Waals surface area contributed by atoms with Crippen molar-refractivity contribution in [2.45, 2.75) is 26.6 Å². The molecular weight excluding hydrogens is 370 g/mol. The van der Waals surface area contributed by atoms with Crippen molar-refractivity contribution in [2.75, 3.05) is 0 Å². The Morgan fingerprint density at radius 3 is 2.10 bits per heavy atom. The van der Waals surface area contributed by atoms with Gasteiger partial charge in [-0.15, -0.1) is 5.10 Å². The van der Waals surface area contributed by atoms with E-state index in [9.17, 15) is 0 Å². The summed E-state index contributed by atoms with van der Waals surface area (Å²) in [5, 5.41) is 10.0. The molecule has 0 fully saturated rings. The van der Waals surface area contributed by atoms with Crippen LogP contribution < -0.4 is 0 Å². The summed E-state index contributed by atoms with van der Waals surface area (Å²) < 4.78 is 1.98. The maximum Gasteiger partial charge on any atom is 0.113 e. The van der Waals surface area contributed by atoms with E-state index >= 15 is 0 Å². The van der Waals surface area contributed by atoms with Gasteiger partial charge < -0.3 is 0 Å². The van der Waals surface area contributed by atoms with E-state index in [0.717, 1.165) is 33.1 Å². The molecule has 0 bridgehead atoms. The molecule has 0 aliphatic heterocycles. The molecule has 1 heterocycles. The third-order valence-corrected chi connectivity index (χ3v) is 6.68. The summed E-state index contributed by atoms with van der Waals surface area (Å²) in [7, 11) is -1.80. The number of hydrogen-bond acceptors (Lipinski definition) is 2. The maximum absolute atomic E-state index is 4.51. The Hall–Kier alpha value is -3.20. The predicted molar refractivity (Wildman–Crippen MR) is 124 cm³/mol. The molecule has 0 N–H and O–H groups in total. The lowest BCUT2D eigenvalue weighted by atomic mass is 9.98. The largest absolute Gasteiger partial charge is 0.214 e. The van der Waals surface area contributed by atoms with Crippen molar-refractivity contribution in [1.29, 1.82) is 0 Å². The Morgan fingerprint density at radius 2 is 1.41 bits per heavy atom. The van der Waals surface area contributed by atoms with Crippen molar-refractivity contribution in [3.63, 3.8) is 0 Å². The fraction of sp³-hybridized carbons (Fsp3) is 0.160. The van der Waals surface area contributed by atoms with E-state index < -0.39 is 8.07 Å². The molecule has 0 radical (unpaired) electrons. The molecule has 0 spiro atoms. The molecule has 144 valence electrons. The van der Waals surface area contributed by atoms with Crippen molar-refractivity contribution in [3.8, 4) is 0 Å². The van der Waals surface area contributed by atoms with Crippen molar-refractivity contribution in [3.05, 3.63) is 101 Å². The zero-order valence-corrected chi connectivity index (χ0v) is 18.3. The maximum atomic E-state index is 4.51. The Kier molecular flexibility index (Phi) is 5.06. The average Bonchev–Trinajstić information content (AvgIpc) is 3.13. The Balaban J connectivity index is 2.07. The molecule has 4 rings (SSSR count). The summed E-state index contributed by atoms with van der Waals surface area (Å²) in [6, 6.07) is 27.2. The molecule has 4 aromatic rings. The standard InChI is InChI=1S/C25H25N3Si/c1-19-14-16-21(17-15-19)22(20-10-6-5-7-11-20)18-25(29(2,3)4)28-24-13-9-8-12-23(24)26-27-28/h5-17H,1-4H3. The number of aryl methyl sites for hydroxylation is 1. The molecule has 1 aromatic heterocycles. The minimum atomic E-state index is -1.80. The van der Waals surface area contributed by atoms with Crippen LogP contribution in [0.1, 0.15) is 16.7 Å². The number of hydrogen-bond donors (Lipinski definition) is 0. The van der Waals surface area contributed by atoms with Gasteiger partial charge in [0, 0.05) is 5.57 Å². The van der Waals surface area contributed by atoms with Gasteiger partial charge >= 0.3 is 0 Å². The van der Waals surface area contributed by atoms with E-state index in [4.69, 9.17) is 0 Å². The van der Waals surface area contributed by atoms with Crippen LogP contribution >= 0.6 is 0 Å². The van der Waals surface area contributed by atoms with Gasteiger partial charge in [0.2, 0.25) is 0 Å². The van der Waals surface area contributed by atoms with Crippen LogP contribution in [0.5, 0.6) is 0 Å². The number of para-hydroxylation sites is 1. The number of nitrogens with zero attached hydrogens (tertiary/aromatic N) is 3. The third kappa shape index (κ3) is 3.99. The fourth-order valence-corrected chi connectivity index (χ4v) is 4.65. The van der Waals surface area contributed by atoms with Gasteiger partial charge in [-0.3, -0.25) is 0 Å². The van der Waals surface area contributed by atoms with Gasteiger partial charge in [-0.05, 0) is 30.2 Å². The summed E-state index contributed by atoms with van der Waals surface area (Å²) >= 11 is 0. The van der Waals surface area contributed by atoms with E-state index in [1.165, 1.54) is 5.56 Å². The van der Waals surface area contributed by atoms with Gasteiger partial charge in [0.25, 0.3) is 0 Å². The van der Waals surface area contributed by atoms with Crippen molar-refractivity contribution in [1.82, 2.24) is 15.0 Å². The van der Waals surface area contributed by atoms with Crippen LogP contribution in [0, 0.1) is 6.92 Å². The highest BCUT2D eigenvalue weighted by atomic mass is 28.3. The molecule has 0 aliphatic rings. The number of aromatic nitrogens is 3. The molecule has 3 aromatic carbocycles. The van der Waals surface area contributed by atoms with Gasteiger partial charge in [0.15, 0.2) is 0 Å². The van der Waals surface area contributed by atoms with E-state index in [2.05, 4.69) is 97.2 Å². The quantitative estimate of drug-likeness (QED) is 0.305. The molecule has 0 amide bonds.